The molecule has 0 saturated carbocycles. The van der Waals surface area contributed by atoms with Gasteiger partial charge < -0.3 is 20.5 Å². The molecule has 1 aromatic carbocycles. The van der Waals surface area contributed by atoms with Gasteiger partial charge in [0, 0.05) is 19.6 Å². The van der Waals surface area contributed by atoms with Crippen LogP contribution in [0.3, 0.4) is 0 Å². The molecule has 3 N–H and O–H groups in total. The fourth-order valence-corrected chi connectivity index (χ4v) is 1.73. The number of benzene rings is 1. The predicted molar refractivity (Wildman–Crippen MR) is 85.3 cm³/mol. The first kappa shape index (κ1) is 17.5. The van der Waals surface area contributed by atoms with Gasteiger partial charge in [0.25, 0.3) is 0 Å². The van der Waals surface area contributed by atoms with Gasteiger partial charge >= 0.3 is 0 Å². The number of amides is 1. The molecule has 0 aromatic heterocycles. The summed E-state index contributed by atoms with van der Waals surface area (Å²) in [5.41, 5.74) is 7.00. The first-order valence-electron chi connectivity index (χ1n) is 7.54. The minimum Gasteiger partial charge on any atom is -0.397 e. The van der Waals surface area contributed by atoms with Gasteiger partial charge in [0.15, 0.2) is 0 Å². The maximum atomic E-state index is 11.7. The maximum Gasteiger partial charge on any atom is 0.224 e. The van der Waals surface area contributed by atoms with Crippen LogP contribution in [0.5, 0.6) is 0 Å². The van der Waals surface area contributed by atoms with Gasteiger partial charge in [-0.15, -0.1) is 0 Å². The molecule has 0 fully saturated rings. The molecule has 1 rings (SSSR count). The lowest BCUT2D eigenvalue weighted by Crippen LogP contribution is -2.14. The average Bonchev–Trinajstić information content (AvgIpc) is 2.48. The van der Waals surface area contributed by atoms with Crippen LogP contribution in [-0.2, 0) is 14.3 Å². The molecule has 0 heterocycles. The number of nitrogen functional groups attached to an aromatic ring is 1. The second-order valence-corrected chi connectivity index (χ2v) is 4.82. The van der Waals surface area contributed by atoms with E-state index in [1.54, 1.807) is 12.1 Å². The molecule has 0 unspecified atom stereocenters. The lowest BCUT2D eigenvalue weighted by atomic mass is 10.2. The quantitative estimate of drug-likeness (QED) is 0.486. The lowest BCUT2D eigenvalue weighted by molar-refractivity contribution is -0.116. The second kappa shape index (κ2) is 11.1. The van der Waals surface area contributed by atoms with E-state index in [0.717, 1.165) is 19.4 Å². The number of nitrogens with one attached hydrogen (secondary N) is 1. The summed E-state index contributed by atoms with van der Waals surface area (Å²) >= 11 is 0. The topological polar surface area (TPSA) is 73.6 Å². The summed E-state index contributed by atoms with van der Waals surface area (Å²) in [5, 5.41) is 2.79. The minimum absolute atomic E-state index is 0.0457. The maximum absolute atomic E-state index is 11.7. The molecule has 0 atom stereocenters. The highest BCUT2D eigenvalue weighted by atomic mass is 16.5. The van der Waals surface area contributed by atoms with E-state index in [-0.39, 0.29) is 5.91 Å². The third-order valence-electron chi connectivity index (χ3n) is 2.94. The van der Waals surface area contributed by atoms with Gasteiger partial charge in [-0.25, -0.2) is 0 Å². The molecule has 5 heteroatoms. The first-order chi connectivity index (χ1) is 10.2. The molecule has 0 radical (unpaired) electrons. The Morgan fingerprint density at radius 2 is 1.76 bits per heavy atom. The number of unbranched alkanes of at least 4 members (excludes halogenated alkanes) is 1. The van der Waals surface area contributed by atoms with Crippen LogP contribution in [0.4, 0.5) is 11.4 Å². The lowest BCUT2D eigenvalue weighted by Gasteiger charge is -2.08. The molecule has 0 aliphatic heterocycles. The van der Waals surface area contributed by atoms with E-state index in [4.69, 9.17) is 15.2 Å². The highest BCUT2D eigenvalue weighted by Crippen LogP contribution is 2.16. The molecule has 5 nitrogen and oxygen atoms in total. The van der Waals surface area contributed by atoms with Gasteiger partial charge in [-0.3, -0.25) is 4.79 Å². The molecule has 0 saturated heterocycles. The van der Waals surface area contributed by atoms with E-state index >= 15 is 0 Å². The average molecular weight is 294 g/mol. The number of anilines is 2. The van der Waals surface area contributed by atoms with Crippen LogP contribution in [0, 0.1) is 0 Å². The zero-order valence-electron chi connectivity index (χ0n) is 12.8. The Morgan fingerprint density at radius 3 is 2.43 bits per heavy atom. The molecule has 118 valence electrons. The number of hydrogen-bond acceptors (Lipinski definition) is 4. The van der Waals surface area contributed by atoms with Gasteiger partial charge in [-0.05, 0) is 25.0 Å². The summed E-state index contributed by atoms with van der Waals surface area (Å²) in [5.74, 6) is -0.0457. The van der Waals surface area contributed by atoms with E-state index in [2.05, 4.69) is 12.2 Å². The Balaban J connectivity index is 2.00. The summed E-state index contributed by atoms with van der Waals surface area (Å²) in [6, 6.07) is 7.23. The Hall–Kier alpha value is -1.59. The van der Waals surface area contributed by atoms with Crippen molar-refractivity contribution in [2.24, 2.45) is 0 Å². The zero-order chi connectivity index (χ0) is 15.3. The van der Waals surface area contributed by atoms with Crippen molar-refractivity contribution in [3.63, 3.8) is 0 Å². The van der Waals surface area contributed by atoms with E-state index in [9.17, 15) is 4.79 Å². The van der Waals surface area contributed by atoms with Gasteiger partial charge in [-0.2, -0.15) is 0 Å². The van der Waals surface area contributed by atoms with Crippen LogP contribution in [-0.4, -0.2) is 32.3 Å². The Kier molecular flexibility index (Phi) is 9.24. The fourth-order valence-electron chi connectivity index (χ4n) is 1.73. The summed E-state index contributed by atoms with van der Waals surface area (Å²) in [7, 11) is 0. The van der Waals surface area contributed by atoms with Crippen molar-refractivity contribution in [1.29, 1.82) is 0 Å². The van der Waals surface area contributed by atoms with Crippen molar-refractivity contribution in [3.8, 4) is 0 Å². The smallest absolute Gasteiger partial charge is 0.224 e. The number of para-hydroxylation sites is 2. The monoisotopic (exact) mass is 294 g/mol. The minimum atomic E-state index is -0.0457. The first-order valence-corrected chi connectivity index (χ1v) is 7.54. The number of carbonyl (C=O) groups is 1. The van der Waals surface area contributed by atoms with Crippen LogP contribution in [0.25, 0.3) is 0 Å². The van der Waals surface area contributed by atoms with E-state index in [0.29, 0.717) is 44.0 Å². The van der Waals surface area contributed by atoms with Crippen molar-refractivity contribution >= 4 is 17.3 Å². The highest BCUT2D eigenvalue weighted by Gasteiger charge is 2.04. The van der Waals surface area contributed by atoms with E-state index in [1.807, 2.05) is 12.1 Å². The molecular formula is C16H26N2O3. The van der Waals surface area contributed by atoms with Crippen LogP contribution in [0.2, 0.25) is 0 Å². The number of nitrogens with two attached hydrogens (primary N) is 1. The van der Waals surface area contributed by atoms with E-state index in [1.165, 1.54) is 0 Å². The van der Waals surface area contributed by atoms with Crippen molar-refractivity contribution in [2.45, 2.75) is 32.6 Å². The molecule has 0 bridgehead atoms. The molecule has 0 aliphatic carbocycles. The number of ether oxygens (including phenoxy) is 2. The number of carbonyl (C=O) groups excluding carboxylic acids is 1. The standard InChI is InChI=1S/C16H26N2O3/c1-2-3-10-20-12-13-21-11-6-9-16(19)18-15-8-5-4-7-14(15)17/h4-5,7-8H,2-3,6,9-13,17H2,1H3,(H,18,19). The van der Waals surface area contributed by atoms with Gasteiger partial charge in [0.05, 0.1) is 24.6 Å². The van der Waals surface area contributed by atoms with Crippen LogP contribution >= 0.6 is 0 Å². The summed E-state index contributed by atoms with van der Waals surface area (Å²) < 4.78 is 10.8. The Labute approximate surface area is 126 Å². The van der Waals surface area contributed by atoms with Crippen LogP contribution in [0.15, 0.2) is 24.3 Å². The molecule has 1 aromatic rings. The Morgan fingerprint density at radius 1 is 1.10 bits per heavy atom. The molecular weight excluding hydrogens is 268 g/mol. The normalized spacial score (nSPS) is 10.5. The molecule has 21 heavy (non-hydrogen) atoms. The molecule has 1 amide bonds. The highest BCUT2D eigenvalue weighted by molar-refractivity contribution is 5.93. The fraction of sp³-hybridized carbons (Fsp3) is 0.562. The SMILES string of the molecule is CCCCOCCOCCCC(=O)Nc1ccccc1N. The van der Waals surface area contributed by atoms with E-state index < -0.39 is 0 Å². The number of hydrogen-bond donors (Lipinski definition) is 2. The number of rotatable bonds is 11. The van der Waals surface area contributed by atoms with Gasteiger partial charge in [0.2, 0.25) is 5.91 Å². The van der Waals surface area contributed by atoms with Gasteiger partial charge in [0.1, 0.15) is 0 Å². The zero-order valence-corrected chi connectivity index (χ0v) is 12.8. The third kappa shape index (κ3) is 8.32. The van der Waals surface area contributed by atoms with Crippen LogP contribution < -0.4 is 11.1 Å². The Bertz CT molecular complexity index is 410. The van der Waals surface area contributed by atoms with Crippen LogP contribution in [0.1, 0.15) is 32.6 Å². The predicted octanol–water partition coefficient (Wildman–Crippen LogP) is 2.82. The third-order valence-corrected chi connectivity index (χ3v) is 2.94. The van der Waals surface area contributed by atoms with Gasteiger partial charge in [-0.1, -0.05) is 25.5 Å². The largest absolute Gasteiger partial charge is 0.397 e. The van der Waals surface area contributed by atoms with Crippen molar-refractivity contribution < 1.29 is 14.3 Å². The summed E-state index contributed by atoms with van der Waals surface area (Å²) in [6.45, 7) is 4.69. The summed E-state index contributed by atoms with van der Waals surface area (Å²) in [4.78, 5) is 11.7. The van der Waals surface area contributed by atoms with Crippen molar-refractivity contribution in [1.82, 2.24) is 0 Å². The second-order valence-electron chi connectivity index (χ2n) is 4.82. The molecule has 0 spiro atoms. The molecule has 0 aliphatic rings. The van der Waals surface area contributed by atoms with Crippen molar-refractivity contribution in [2.75, 3.05) is 37.5 Å². The van der Waals surface area contributed by atoms with Crippen molar-refractivity contribution in [3.05, 3.63) is 24.3 Å². The summed E-state index contributed by atoms with van der Waals surface area (Å²) in [6.07, 6.45) is 3.34.